The van der Waals surface area contributed by atoms with Crippen LogP contribution in [0.1, 0.15) is 32.1 Å². The summed E-state index contributed by atoms with van der Waals surface area (Å²) < 4.78 is 37.1. The van der Waals surface area contributed by atoms with Gasteiger partial charge in [0.05, 0.1) is 0 Å². The molecule has 100 valence electrons. The molecule has 5 heteroatoms. The lowest BCUT2D eigenvalue weighted by Crippen LogP contribution is -2.32. The van der Waals surface area contributed by atoms with E-state index in [0.29, 0.717) is 13.1 Å². The first-order valence-corrected chi connectivity index (χ1v) is 6.22. The van der Waals surface area contributed by atoms with Gasteiger partial charge in [-0.05, 0) is 32.4 Å². The van der Waals surface area contributed by atoms with Gasteiger partial charge >= 0.3 is 6.18 Å². The average Bonchev–Trinajstić information content (AvgIpc) is 2.28. The van der Waals surface area contributed by atoms with Crippen LogP contribution in [0.4, 0.5) is 13.2 Å². The third-order valence-electron chi connectivity index (χ3n) is 3.09. The summed E-state index contributed by atoms with van der Waals surface area (Å²) in [6, 6.07) is 0. The second-order valence-corrected chi connectivity index (χ2v) is 4.48. The molecule has 0 saturated carbocycles. The molecule has 17 heavy (non-hydrogen) atoms. The maximum absolute atomic E-state index is 12.4. The molecule has 0 radical (unpaired) electrons. The molecule has 0 aromatic rings. The normalized spacial score (nSPS) is 18.2. The molecule has 0 spiro atoms. The molecule has 1 aliphatic rings. The van der Waals surface area contributed by atoms with Gasteiger partial charge in [0.2, 0.25) is 0 Å². The maximum atomic E-state index is 12.4. The summed E-state index contributed by atoms with van der Waals surface area (Å²) >= 11 is 0. The Morgan fingerprint density at radius 2 is 1.88 bits per heavy atom. The van der Waals surface area contributed by atoms with Crippen molar-refractivity contribution in [2.75, 3.05) is 26.2 Å². The molecule has 0 unspecified atom stereocenters. The van der Waals surface area contributed by atoms with E-state index < -0.39 is 6.18 Å². The van der Waals surface area contributed by atoms with Crippen LogP contribution < -0.4 is 5.73 Å². The van der Waals surface area contributed by atoms with Crippen molar-refractivity contribution in [1.82, 2.24) is 4.90 Å². The molecule has 0 saturated heterocycles. The minimum atomic E-state index is -4.13. The molecule has 0 bridgehead atoms. The van der Waals surface area contributed by atoms with Gasteiger partial charge in [-0.2, -0.15) is 13.2 Å². The van der Waals surface area contributed by atoms with E-state index in [1.807, 2.05) is 0 Å². The largest absolute Gasteiger partial charge is 0.412 e. The summed E-state index contributed by atoms with van der Waals surface area (Å²) in [5.74, 6) is 0. The summed E-state index contributed by atoms with van der Waals surface area (Å²) in [6.45, 7) is 2.58. The topological polar surface area (TPSA) is 29.3 Å². The van der Waals surface area contributed by atoms with Gasteiger partial charge in [-0.15, -0.1) is 0 Å². The second kappa shape index (κ2) is 7.01. The molecule has 1 aliphatic heterocycles. The zero-order chi connectivity index (χ0) is 12.7. The van der Waals surface area contributed by atoms with Crippen molar-refractivity contribution >= 4 is 0 Å². The van der Waals surface area contributed by atoms with Crippen LogP contribution in [-0.4, -0.2) is 37.3 Å². The summed E-state index contributed by atoms with van der Waals surface area (Å²) in [4.78, 5) is 2.08. The van der Waals surface area contributed by atoms with Gasteiger partial charge in [-0.3, -0.25) is 4.90 Å². The lowest BCUT2D eigenvalue weighted by Gasteiger charge is -2.27. The quantitative estimate of drug-likeness (QED) is 0.580. The Bertz CT molecular complexity index is 249. The van der Waals surface area contributed by atoms with Crippen LogP contribution in [0.5, 0.6) is 0 Å². The van der Waals surface area contributed by atoms with E-state index in [1.165, 1.54) is 6.08 Å². The Hall–Kier alpha value is -0.550. The van der Waals surface area contributed by atoms with Crippen molar-refractivity contribution in [3.05, 3.63) is 11.6 Å². The van der Waals surface area contributed by atoms with E-state index in [1.54, 1.807) is 0 Å². The average molecular weight is 250 g/mol. The van der Waals surface area contributed by atoms with Crippen LogP contribution in [-0.2, 0) is 0 Å². The number of nitrogens with two attached hydrogens (primary N) is 1. The molecule has 0 aliphatic carbocycles. The van der Waals surface area contributed by atoms with Crippen molar-refractivity contribution in [2.24, 2.45) is 5.73 Å². The van der Waals surface area contributed by atoms with Gasteiger partial charge in [-0.25, -0.2) is 0 Å². The van der Waals surface area contributed by atoms with Crippen LogP contribution in [0.2, 0.25) is 0 Å². The van der Waals surface area contributed by atoms with Crippen LogP contribution in [0.15, 0.2) is 11.6 Å². The molecule has 1 heterocycles. The van der Waals surface area contributed by atoms with Crippen LogP contribution >= 0.6 is 0 Å². The van der Waals surface area contributed by atoms with Gasteiger partial charge in [-0.1, -0.05) is 18.9 Å². The second-order valence-electron chi connectivity index (χ2n) is 4.48. The Morgan fingerprint density at radius 1 is 1.18 bits per heavy atom. The SMILES string of the molecule is NCCCCCCN1CC=C(C(F)(F)F)CC1. The third-order valence-corrected chi connectivity index (χ3v) is 3.09. The number of hydrogen-bond donors (Lipinski definition) is 1. The minimum absolute atomic E-state index is 0.131. The third kappa shape index (κ3) is 5.55. The summed E-state index contributed by atoms with van der Waals surface area (Å²) in [5.41, 5.74) is 5.02. The highest BCUT2D eigenvalue weighted by Gasteiger charge is 2.34. The lowest BCUT2D eigenvalue weighted by atomic mass is 10.1. The standard InChI is InChI=1S/C12H21F3N2/c13-12(14,15)11-5-9-17(10-6-11)8-4-2-1-3-7-16/h5H,1-4,6-10,16H2. The Balaban J connectivity index is 2.17. The van der Waals surface area contributed by atoms with E-state index in [9.17, 15) is 13.2 Å². The fraction of sp³-hybridized carbons (Fsp3) is 0.833. The number of rotatable bonds is 6. The predicted molar refractivity (Wildman–Crippen MR) is 62.7 cm³/mol. The van der Waals surface area contributed by atoms with Crippen molar-refractivity contribution in [3.63, 3.8) is 0 Å². The molecular formula is C12H21F3N2. The lowest BCUT2D eigenvalue weighted by molar-refractivity contribution is -0.0960. The smallest absolute Gasteiger partial charge is 0.330 e. The van der Waals surface area contributed by atoms with Crippen molar-refractivity contribution < 1.29 is 13.2 Å². The molecule has 0 amide bonds. The predicted octanol–water partition coefficient (Wildman–Crippen LogP) is 2.70. The van der Waals surface area contributed by atoms with E-state index in [0.717, 1.165) is 38.8 Å². The van der Waals surface area contributed by atoms with E-state index >= 15 is 0 Å². The minimum Gasteiger partial charge on any atom is -0.330 e. The number of alkyl halides is 3. The van der Waals surface area contributed by atoms with Crippen LogP contribution in [0.3, 0.4) is 0 Å². The molecule has 1 rings (SSSR count). The summed E-state index contributed by atoms with van der Waals surface area (Å²) in [7, 11) is 0. The Labute approximate surface area is 101 Å². The van der Waals surface area contributed by atoms with Gasteiger partial charge < -0.3 is 5.73 Å². The summed E-state index contributed by atoms with van der Waals surface area (Å²) in [6.07, 6.45) is 1.65. The van der Waals surface area contributed by atoms with Crippen LogP contribution in [0, 0.1) is 0 Å². The zero-order valence-corrected chi connectivity index (χ0v) is 10.1. The Kier molecular flexibility index (Phi) is 5.98. The highest BCUT2D eigenvalue weighted by molar-refractivity contribution is 5.12. The number of nitrogens with zero attached hydrogens (tertiary/aromatic N) is 1. The molecule has 0 fully saturated rings. The molecule has 2 N–H and O–H groups in total. The molecular weight excluding hydrogens is 229 g/mol. The number of hydrogen-bond acceptors (Lipinski definition) is 2. The monoisotopic (exact) mass is 250 g/mol. The van der Waals surface area contributed by atoms with E-state index in [-0.39, 0.29) is 12.0 Å². The Morgan fingerprint density at radius 3 is 2.41 bits per heavy atom. The molecule has 0 aromatic heterocycles. The first-order chi connectivity index (χ1) is 8.04. The highest BCUT2D eigenvalue weighted by Crippen LogP contribution is 2.30. The number of halogens is 3. The highest BCUT2D eigenvalue weighted by atomic mass is 19.4. The zero-order valence-electron chi connectivity index (χ0n) is 10.1. The molecule has 0 aromatic carbocycles. The van der Waals surface area contributed by atoms with Crippen molar-refractivity contribution in [1.29, 1.82) is 0 Å². The van der Waals surface area contributed by atoms with E-state index in [2.05, 4.69) is 4.90 Å². The van der Waals surface area contributed by atoms with Crippen LogP contribution in [0.25, 0.3) is 0 Å². The fourth-order valence-electron chi connectivity index (χ4n) is 2.01. The van der Waals surface area contributed by atoms with Gasteiger partial charge in [0, 0.05) is 18.7 Å². The first-order valence-electron chi connectivity index (χ1n) is 6.22. The van der Waals surface area contributed by atoms with Gasteiger partial charge in [0.25, 0.3) is 0 Å². The maximum Gasteiger partial charge on any atom is 0.412 e. The van der Waals surface area contributed by atoms with Crippen molar-refractivity contribution in [2.45, 2.75) is 38.3 Å². The molecule has 0 atom stereocenters. The number of unbranched alkanes of at least 4 members (excludes halogenated alkanes) is 3. The summed E-state index contributed by atoms with van der Waals surface area (Å²) in [5, 5.41) is 0. The van der Waals surface area contributed by atoms with E-state index in [4.69, 9.17) is 5.73 Å². The van der Waals surface area contributed by atoms with Crippen molar-refractivity contribution in [3.8, 4) is 0 Å². The van der Waals surface area contributed by atoms with Gasteiger partial charge in [0.1, 0.15) is 0 Å². The molecule has 2 nitrogen and oxygen atoms in total. The van der Waals surface area contributed by atoms with Gasteiger partial charge in [0.15, 0.2) is 0 Å². The first kappa shape index (κ1) is 14.5. The fourth-order valence-corrected chi connectivity index (χ4v) is 2.01.